The Balaban J connectivity index is 1.86. The lowest BCUT2D eigenvalue weighted by Crippen LogP contribution is -2.46. The van der Waals surface area contributed by atoms with E-state index in [4.69, 9.17) is 4.74 Å². The molecule has 1 amide bonds. The summed E-state index contributed by atoms with van der Waals surface area (Å²) in [6.07, 6.45) is 1.51. The van der Waals surface area contributed by atoms with E-state index in [9.17, 15) is 9.18 Å². The molecule has 2 aliphatic rings. The van der Waals surface area contributed by atoms with Gasteiger partial charge in [-0.05, 0) is 18.9 Å². The highest BCUT2D eigenvalue weighted by molar-refractivity contribution is 5.91. The van der Waals surface area contributed by atoms with Gasteiger partial charge in [0.15, 0.2) is 0 Å². The lowest BCUT2D eigenvalue weighted by molar-refractivity contribution is -0.138. The van der Waals surface area contributed by atoms with Crippen LogP contribution in [0.3, 0.4) is 0 Å². The Kier molecular flexibility index (Phi) is 2.82. The second kappa shape index (κ2) is 4.35. The number of halogens is 1. The van der Waals surface area contributed by atoms with Crippen molar-refractivity contribution in [2.24, 2.45) is 0 Å². The summed E-state index contributed by atoms with van der Waals surface area (Å²) in [5.74, 6) is -0.201. The lowest BCUT2D eigenvalue weighted by Gasteiger charge is -2.30. The molecule has 3 nitrogen and oxygen atoms in total. The van der Waals surface area contributed by atoms with Gasteiger partial charge < -0.3 is 9.64 Å². The van der Waals surface area contributed by atoms with Crippen molar-refractivity contribution in [3.05, 3.63) is 35.6 Å². The van der Waals surface area contributed by atoms with Gasteiger partial charge in [-0.25, -0.2) is 4.39 Å². The van der Waals surface area contributed by atoms with Crippen molar-refractivity contribution in [2.75, 3.05) is 26.3 Å². The SMILES string of the molecule is O=C(N1CCOCC1)C1(c2ccccc2F)CC1. The predicted molar refractivity (Wildman–Crippen MR) is 64.7 cm³/mol. The quantitative estimate of drug-likeness (QED) is 0.798. The molecular weight excluding hydrogens is 233 g/mol. The molecule has 1 saturated heterocycles. The minimum atomic E-state index is -0.595. The Morgan fingerprint density at radius 1 is 1.22 bits per heavy atom. The third-order valence-corrected chi connectivity index (χ3v) is 3.85. The summed E-state index contributed by atoms with van der Waals surface area (Å²) in [4.78, 5) is 14.3. The molecule has 2 fully saturated rings. The summed E-state index contributed by atoms with van der Waals surface area (Å²) in [5.41, 5.74) is -0.0376. The van der Waals surface area contributed by atoms with Gasteiger partial charge in [0.05, 0.1) is 18.6 Å². The second-order valence-corrected chi connectivity index (χ2v) is 4.97. The third kappa shape index (κ3) is 1.81. The Hall–Kier alpha value is -1.42. The van der Waals surface area contributed by atoms with Crippen LogP contribution in [0, 0.1) is 5.82 Å². The molecule has 3 rings (SSSR count). The van der Waals surface area contributed by atoms with E-state index >= 15 is 0 Å². The van der Waals surface area contributed by atoms with Crippen molar-refractivity contribution in [2.45, 2.75) is 18.3 Å². The summed E-state index contributed by atoms with van der Waals surface area (Å²) < 4.78 is 19.1. The predicted octanol–water partition coefficient (Wildman–Crippen LogP) is 1.72. The zero-order chi connectivity index (χ0) is 12.6. The molecule has 0 unspecified atom stereocenters. The van der Waals surface area contributed by atoms with Gasteiger partial charge >= 0.3 is 0 Å². The number of benzene rings is 1. The molecule has 0 atom stereocenters. The molecule has 4 heteroatoms. The number of amides is 1. The molecule has 18 heavy (non-hydrogen) atoms. The number of carbonyl (C=O) groups excluding carboxylic acids is 1. The van der Waals surface area contributed by atoms with Crippen molar-refractivity contribution in [1.82, 2.24) is 4.90 Å². The van der Waals surface area contributed by atoms with Gasteiger partial charge in [-0.15, -0.1) is 0 Å². The van der Waals surface area contributed by atoms with Crippen LogP contribution in [0.1, 0.15) is 18.4 Å². The topological polar surface area (TPSA) is 29.5 Å². The van der Waals surface area contributed by atoms with E-state index in [0.29, 0.717) is 31.9 Å². The molecule has 1 aliphatic heterocycles. The van der Waals surface area contributed by atoms with Crippen molar-refractivity contribution in [3.8, 4) is 0 Å². The fraction of sp³-hybridized carbons (Fsp3) is 0.500. The molecule has 1 heterocycles. The molecule has 96 valence electrons. The second-order valence-electron chi connectivity index (χ2n) is 4.97. The summed E-state index contributed by atoms with van der Waals surface area (Å²) in [6, 6.07) is 6.63. The Bertz CT molecular complexity index is 465. The molecule has 1 aromatic carbocycles. The highest BCUT2D eigenvalue weighted by Gasteiger charge is 2.54. The van der Waals surface area contributed by atoms with Crippen LogP contribution >= 0.6 is 0 Å². The average molecular weight is 249 g/mol. The van der Waals surface area contributed by atoms with E-state index in [1.807, 2.05) is 4.90 Å². The fourth-order valence-electron chi connectivity index (χ4n) is 2.64. The normalized spacial score (nSPS) is 21.7. The van der Waals surface area contributed by atoms with Crippen molar-refractivity contribution >= 4 is 5.91 Å². The standard InChI is InChI=1S/C14H16FNO2/c15-12-4-2-1-3-11(12)14(5-6-14)13(17)16-7-9-18-10-8-16/h1-4H,5-10H2. The van der Waals surface area contributed by atoms with Gasteiger partial charge in [-0.2, -0.15) is 0 Å². The van der Waals surface area contributed by atoms with Gasteiger partial charge in [-0.3, -0.25) is 4.79 Å². The Morgan fingerprint density at radius 2 is 1.89 bits per heavy atom. The maximum atomic E-state index is 13.9. The fourth-order valence-corrected chi connectivity index (χ4v) is 2.64. The number of carbonyl (C=O) groups is 1. The van der Waals surface area contributed by atoms with Gasteiger partial charge in [0.2, 0.25) is 5.91 Å². The maximum absolute atomic E-state index is 13.9. The van der Waals surface area contributed by atoms with Crippen molar-refractivity contribution in [3.63, 3.8) is 0 Å². The first-order valence-corrected chi connectivity index (χ1v) is 6.36. The van der Waals surface area contributed by atoms with Crippen molar-refractivity contribution < 1.29 is 13.9 Å². The zero-order valence-corrected chi connectivity index (χ0v) is 10.2. The first kappa shape index (κ1) is 11.7. The van der Waals surface area contributed by atoms with Gasteiger partial charge in [-0.1, -0.05) is 18.2 Å². The van der Waals surface area contributed by atoms with Crippen LogP contribution in [0.5, 0.6) is 0 Å². The number of nitrogens with zero attached hydrogens (tertiary/aromatic N) is 1. The highest BCUT2D eigenvalue weighted by atomic mass is 19.1. The first-order valence-electron chi connectivity index (χ1n) is 6.36. The van der Waals surface area contributed by atoms with Gasteiger partial charge in [0, 0.05) is 18.7 Å². The largest absolute Gasteiger partial charge is 0.378 e. The third-order valence-electron chi connectivity index (χ3n) is 3.85. The Morgan fingerprint density at radius 3 is 2.50 bits per heavy atom. The van der Waals surface area contributed by atoms with E-state index in [1.54, 1.807) is 18.2 Å². The van der Waals surface area contributed by atoms with E-state index < -0.39 is 5.41 Å². The number of hydrogen-bond donors (Lipinski definition) is 0. The van der Waals surface area contributed by atoms with Crippen LogP contribution < -0.4 is 0 Å². The average Bonchev–Trinajstić information content (AvgIpc) is 3.21. The van der Waals surface area contributed by atoms with E-state index in [0.717, 1.165) is 12.8 Å². The van der Waals surface area contributed by atoms with E-state index in [1.165, 1.54) is 6.07 Å². The molecule has 1 aliphatic carbocycles. The molecular formula is C14H16FNO2. The van der Waals surface area contributed by atoms with E-state index in [-0.39, 0.29) is 11.7 Å². The number of hydrogen-bond acceptors (Lipinski definition) is 2. The van der Waals surface area contributed by atoms with Crippen LogP contribution in [0.2, 0.25) is 0 Å². The minimum absolute atomic E-state index is 0.0656. The molecule has 0 bridgehead atoms. The highest BCUT2D eigenvalue weighted by Crippen LogP contribution is 2.50. The van der Waals surface area contributed by atoms with Crippen LogP contribution in [-0.4, -0.2) is 37.1 Å². The van der Waals surface area contributed by atoms with Crippen molar-refractivity contribution in [1.29, 1.82) is 0 Å². The summed E-state index contributed by atoms with van der Waals surface area (Å²) in [6.45, 7) is 2.41. The number of morpholine rings is 1. The summed E-state index contributed by atoms with van der Waals surface area (Å²) >= 11 is 0. The molecule has 0 N–H and O–H groups in total. The Labute approximate surface area is 106 Å². The first-order chi connectivity index (χ1) is 8.74. The zero-order valence-electron chi connectivity index (χ0n) is 10.2. The minimum Gasteiger partial charge on any atom is -0.378 e. The summed E-state index contributed by atoms with van der Waals surface area (Å²) in [7, 11) is 0. The molecule has 1 saturated carbocycles. The molecule has 0 spiro atoms. The molecule has 0 aromatic heterocycles. The van der Waals surface area contributed by atoms with E-state index in [2.05, 4.69) is 0 Å². The van der Waals surface area contributed by atoms with Crippen LogP contribution in [0.25, 0.3) is 0 Å². The van der Waals surface area contributed by atoms with Crippen LogP contribution in [-0.2, 0) is 14.9 Å². The number of ether oxygens (including phenoxy) is 1. The lowest BCUT2D eigenvalue weighted by atomic mass is 9.93. The van der Waals surface area contributed by atoms with Crippen LogP contribution in [0.4, 0.5) is 4.39 Å². The molecule has 0 radical (unpaired) electrons. The van der Waals surface area contributed by atoms with Crippen LogP contribution in [0.15, 0.2) is 24.3 Å². The summed E-state index contributed by atoms with van der Waals surface area (Å²) in [5, 5.41) is 0. The monoisotopic (exact) mass is 249 g/mol. The number of rotatable bonds is 2. The van der Waals surface area contributed by atoms with Gasteiger partial charge in [0.1, 0.15) is 5.82 Å². The smallest absolute Gasteiger partial charge is 0.233 e. The van der Waals surface area contributed by atoms with Gasteiger partial charge in [0.25, 0.3) is 0 Å². The molecule has 1 aromatic rings. The maximum Gasteiger partial charge on any atom is 0.233 e.